The first kappa shape index (κ1) is 20.1. The van der Waals surface area contributed by atoms with Gasteiger partial charge in [0, 0.05) is 5.46 Å². The Balaban J connectivity index is 2.09. The van der Waals surface area contributed by atoms with Gasteiger partial charge in [-0.15, -0.1) is 0 Å². The van der Waals surface area contributed by atoms with Crippen LogP contribution in [0.15, 0.2) is 18.2 Å². The highest BCUT2D eigenvalue weighted by atomic mass is 35.5. The Morgan fingerprint density at radius 2 is 1.67 bits per heavy atom. The molecule has 0 unspecified atom stereocenters. The Bertz CT molecular complexity index is 885. The molecule has 1 aliphatic rings. The summed E-state index contributed by atoms with van der Waals surface area (Å²) in [5, 5.41) is 0.544. The van der Waals surface area contributed by atoms with Crippen molar-refractivity contribution in [2.24, 2.45) is 0 Å². The molecule has 0 radical (unpaired) electrons. The van der Waals surface area contributed by atoms with Crippen LogP contribution < -0.4 is 10.2 Å². The van der Waals surface area contributed by atoms with Crippen molar-refractivity contribution in [3.63, 3.8) is 0 Å². The Morgan fingerprint density at radius 1 is 1.07 bits per heavy atom. The van der Waals surface area contributed by atoms with Crippen LogP contribution in [-0.4, -0.2) is 23.3 Å². The van der Waals surface area contributed by atoms with Crippen molar-refractivity contribution in [3.8, 4) is 11.6 Å². The minimum atomic E-state index is -0.670. The third-order valence-electron chi connectivity index (χ3n) is 5.38. The smallest absolute Gasteiger partial charge is 0.439 e. The molecule has 1 aliphatic heterocycles. The standard InChI is InChI=1S/C20H24BClFNO3/c1-11-10-14(23)8-9-15(11)25-18-16(12(2)17(22)13(3)24-18)21-26-19(4,5)20(6,7)27-21/h8-10H,1-7H3. The molecule has 7 heteroatoms. The summed E-state index contributed by atoms with van der Waals surface area (Å²) in [6.45, 7) is 13.4. The van der Waals surface area contributed by atoms with Gasteiger partial charge in [0.2, 0.25) is 5.88 Å². The topological polar surface area (TPSA) is 40.6 Å². The Labute approximate surface area is 165 Å². The second-order valence-electron chi connectivity index (χ2n) is 7.96. The van der Waals surface area contributed by atoms with Crippen LogP contribution in [0.5, 0.6) is 11.6 Å². The summed E-state index contributed by atoms with van der Waals surface area (Å²) in [4.78, 5) is 4.52. The van der Waals surface area contributed by atoms with Gasteiger partial charge in [0.25, 0.3) is 0 Å². The average Bonchev–Trinajstić information content (AvgIpc) is 2.75. The van der Waals surface area contributed by atoms with Gasteiger partial charge in [0.1, 0.15) is 11.6 Å². The molecule has 0 bridgehead atoms. The van der Waals surface area contributed by atoms with E-state index in [1.54, 1.807) is 13.0 Å². The lowest BCUT2D eigenvalue weighted by Gasteiger charge is -2.32. The van der Waals surface area contributed by atoms with Gasteiger partial charge in [-0.25, -0.2) is 9.37 Å². The van der Waals surface area contributed by atoms with E-state index in [0.717, 1.165) is 5.56 Å². The number of hydrogen-bond acceptors (Lipinski definition) is 4. The monoisotopic (exact) mass is 391 g/mol. The van der Waals surface area contributed by atoms with Crippen molar-refractivity contribution in [3.05, 3.63) is 45.9 Å². The molecule has 1 aromatic carbocycles. The first-order valence-corrected chi connectivity index (χ1v) is 9.27. The molecule has 27 heavy (non-hydrogen) atoms. The Kier molecular flexibility index (Phi) is 5.04. The summed E-state index contributed by atoms with van der Waals surface area (Å²) in [7, 11) is -0.670. The van der Waals surface area contributed by atoms with Crippen LogP contribution in [0.3, 0.4) is 0 Å². The number of hydrogen-bond donors (Lipinski definition) is 0. The predicted molar refractivity (Wildman–Crippen MR) is 106 cm³/mol. The number of pyridine rings is 1. The number of aromatic nitrogens is 1. The molecular weight excluding hydrogens is 367 g/mol. The fourth-order valence-corrected chi connectivity index (χ4v) is 3.10. The maximum atomic E-state index is 13.4. The quantitative estimate of drug-likeness (QED) is 0.698. The number of rotatable bonds is 3. The number of aryl methyl sites for hydroxylation is 2. The van der Waals surface area contributed by atoms with Crippen LogP contribution in [-0.2, 0) is 9.31 Å². The molecule has 0 aliphatic carbocycles. The van der Waals surface area contributed by atoms with Crippen molar-refractivity contribution in [1.29, 1.82) is 0 Å². The van der Waals surface area contributed by atoms with Gasteiger partial charge in [0.05, 0.1) is 21.9 Å². The van der Waals surface area contributed by atoms with E-state index in [0.29, 0.717) is 33.4 Å². The lowest BCUT2D eigenvalue weighted by Crippen LogP contribution is -2.41. The van der Waals surface area contributed by atoms with Crippen molar-refractivity contribution in [2.45, 2.75) is 59.7 Å². The molecule has 1 fully saturated rings. The fraction of sp³-hybridized carbons (Fsp3) is 0.450. The van der Waals surface area contributed by atoms with E-state index in [1.165, 1.54) is 12.1 Å². The van der Waals surface area contributed by atoms with E-state index in [2.05, 4.69) is 4.98 Å². The van der Waals surface area contributed by atoms with E-state index in [4.69, 9.17) is 25.6 Å². The minimum absolute atomic E-state index is 0.317. The van der Waals surface area contributed by atoms with Crippen LogP contribution in [0.1, 0.15) is 44.5 Å². The first-order valence-electron chi connectivity index (χ1n) is 8.89. The summed E-state index contributed by atoms with van der Waals surface area (Å²) < 4.78 is 31.9. The van der Waals surface area contributed by atoms with Crippen molar-refractivity contribution < 1.29 is 18.4 Å². The van der Waals surface area contributed by atoms with Crippen LogP contribution >= 0.6 is 11.6 Å². The zero-order valence-electron chi connectivity index (χ0n) is 16.7. The first-order chi connectivity index (χ1) is 12.4. The fourth-order valence-electron chi connectivity index (χ4n) is 2.96. The zero-order chi connectivity index (χ0) is 20.1. The normalized spacial score (nSPS) is 18.0. The van der Waals surface area contributed by atoms with Crippen molar-refractivity contribution in [2.75, 3.05) is 0 Å². The van der Waals surface area contributed by atoms with Gasteiger partial charge in [-0.2, -0.15) is 0 Å². The van der Waals surface area contributed by atoms with Crippen LogP contribution in [0, 0.1) is 26.6 Å². The highest BCUT2D eigenvalue weighted by Crippen LogP contribution is 2.38. The molecule has 2 aromatic rings. The molecular formula is C20H24BClFNO3. The molecule has 0 spiro atoms. The van der Waals surface area contributed by atoms with E-state index < -0.39 is 18.3 Å². The molecule has 0 atom stereocenters. The Morgan fingerprint density at radius 3 is 2.22 bits per heavy atom. The molecule has 1 aromatic heterocycles. The van der Waals surface area contributed by atoms with Crippen LogP contribution in [0.2, 0.25) is 5.02 Å². The lowest BCUT2D eigenvalue weighted by atomic mass is 9.76. The van der Waals surface area contributed by atoms with Crippen molar-refractivity contribution >= 4 is 24.2 Å². The van der Waals surface area contributed by atoms with E-state index in [9.17, 15) is 4.39 Å². The van der Waals surface area contributed by atoms with Gasteiger partial charge >= 0.3 is 7.12 Å². The maximum absolute atomic E-state index is 13.4. The third-order valence-corrected chi connectivity index (χ3v) is 5.94. The molecule has 0 saturated carbocycles. The van der Waals surface area contributed by atoms with Gasteiger partial charge in [0.15, 0.2) is 0 Å². The van der Waals surface area contributed by atoms with Crippen LogP contribution in [0.4, 0.5) is 4.39 Å². The molecule has 144 valence electrons. The second-order valence-corrected chi connectivity index (χ2v) is 8.33. The summed E-state index contributed by atoms with van der Waals surface area (Å²) in [5.74, 6) is 0.549. The van der Waals surface area contributed by atoms with Crippen molar-refractivity contribution in [1.82, 2.24) is 4.98 Å². The van der Waals surface area contributed by atoms with Gasteiger partial charge in [-0.05, 0) is 77.8 Å². The van der Waals surface area contributed by atoms with E-state index in [-0.39, 0.29) is 5.82 Å². The third kappa shape index (κ3) is 3.58. The molecule has 4 nitrogen and oxygen atoms in total. The van der Waals surface area contributed by atoms with E-state index in [1.807, 2.05) is 41.5 Å². The summed E-state index contributed by atoms with van der Waals surface area (Å²) >= 11 is 6.45. The molecule has 3 rings (SSSR count). The molecule has 0 N–H and O–H groups in total. The number of ether oxygens (including phenoxy) is 1. The van der Waals surface area contributed by atoms with Gasteiger partial charge < -0.3 is 14.0 Å². The summed E-state index contributed by atoms with van der Waals surface area (Å²) in [6, 6.07) is 4.35. The van der Waals surface area contributed by atoms with Gasteiger partial charge in [-0.1, -0.05) is 11.6 Å². The molecule has 2 heterocycles. The maximum Gasteiger partial charge on any atom is 0.500 e. The summed E-state index contributed by atoms with van der Waals surface area (Å²) in [5.41, 5.74) is 1.73. The minimum Gasteiger partial charge on any atom is -0.439 e. The van der Waals surface area contributed by atoms with Crippen LogP contribution in [0.25, 0.3) is 0 Å². The van der Waals surface area contributed by atoms with Gasteiger partial charge in [-0.3, -0.25) is 0 Å². The van der Waals surface area contributed by atoms with E-state index >= 15 is 0 Å². The largest absolute Gasteiger partial charge is 0.500 e. The number of nitrogens with zero attached hydrogens (tertiary/aromatic N) is 1. The lowest BCUT2D eigenvalue weighted by molar-refractivity contribution is 0.00578. The average molecular weight is 392 g/mol. The number of benzene rings is 1. The Hall–Kier alpha value is -1.63. The predicted octanol–water partition coefficient (Wildman–Crippen LogP) is 4.89. The highest BCUT2D eigenvalue weighted by molar-refractivity contribution is 6.64. The number of halogens is 2. The zero-order valence-corrected chi connectivity index (χ0v) is 17.5. The second kappa shape index (κ2) is 6.76. The molecule has 1 saturated heterocycles. The molecule has 0 amide bonds. The summed E-state index contributed by atoms with van der Waals surface area (Å²) in [6.07, 6.45) is 0. The highest BCUT2D eigenvalue weighted by Gasteiger charge is 2.53. The SMILES string of the molecule is Cc1cc(F)ccc1Oc1nc(C)c(Cl)c(C)c1B1OC(C)(C)C(C)(C)O1.